The fraction of sp³-hybridized carbons (Fsp3) is 0.333. The van der Waals surface area contributed by atoms with E-state index in [1.807, 2.05) is 30.3 Å². The lowest BCUT2D eigenvalue weighted by atomic mass is 9.87. The zero-order valence-electron chi connectivity index (χ0n) is 19.9. The van der Waals surface area contributed by atoms with E-state index in [1.54, 1.807) is 29.7 Å². The van der Waals surface area contributed by atoms with E-state index in [0.29, 0.717) is 12.2 Å². The molecule has 0 saturated carbocycles. The molecule has 1 N–H and O–H groups in total. The van der Waals surface area contributed by atoms with Crippen LogP contribution in [0.15, 0.2) is 65.8 Å². The Balaban J connectivity index is 1.25. The van der Waals surface area contributed by atoms with Gasteiger partial charge in [0, 0.05) is 23.5 Å². The first-order chi connectivity index (χ1) is 16.4. The molecule has 0 atom stereocenters. The Morgan fingerprint density at radius 1 is 1.06 bits per heavy atom. The summed E-state index contributed by atoms with van der Waals surface area (Å²) in [5.74, 6) is 0.584. The topological polar surface area (TPSA) is 63.2 Å². The number of morpholine rings is 1. The largest absolute Gasteiger partial charge is 0.489 e. The smallest absolute Gasteiger partial charge is 0.271 e. The molecular weight excluding hydrogens is 446 g/mol. The van der Waals surface area contributed by atoms with Crippen molar-refractivity contribution in [3.63, 3.8) is 0 Å². The molecule has 178 valence electrons. The van der Waals surface area contributed by atoms with Crippen LogP contribution in [0.3, 0.4) is 0 Å². The Morgan fingerprint density at radius 3 is 2.44 bits per heavy atom. The van der Waals surface area contributed by atoms with E-state index in [-0.39, 0.29) is 11.3 Å². The predicted octanol–water partition coefficient (Wildman–Crippen LogP) is 5.23. The molecule has 0 bridgehead atoms. The third-order valence-electron chi connectivity index (χ3n) is 5.64. The Bertz CT molecular complexity index is 1110. The maximum atomic E-state index is 12.4. The summed E-state index contributed by atoms with van der Waals surface area (Å²) in [4.78, 5) is 15.7. The molecule has 1 fully saturated rings. The fourth-order valence-electron chi connectivity index (χ4n) is 3.55. The number of rotatable bonds is 7. The summed E-state index contributed by atoms with van der Waals surface area (Å²) in [5.41, 5.74) is 5.54. The van der Waals surface area contributed by atoms with Gasteiger partial charge in [0.15, 0.2) is 0 Å². The van der Waals surface area contributed by atoms with Crippen LogP contribution in [-0.2, 0) is 16.8 Å². The summed E-state index contributed by atoms with van der Waals surface area (Å²) < 4.78 is 11.3. The van der Waals surface area contributed by atoms with Gasteiger partial charge in [-0.1, -0.05) is 45.0 Å². The van der Waals surface area contributed by atoms with Crippen LogP contribution in [0.25, 0.3) is 0 Å². The van der Waals surface area contributed by atoms with Crippen molar-refractivity contribution in [2.75, 3.05) is 31.2 Å². The third-order valence-corrected chi connectivity index (χ3v) is 6.72. The third kappa shape index (κ3) is 6.46. The maximum absolute atomic E-state index is 12.4. The number of nitrogens with zero attached hydrogens (tertiary/aromatic N) is 2. The molecule has 1 aliphatic heterocycles. The van der Waals surface area contributed by atoms with Gasteiger partial charge in [-0.05, 0) is 52.9 Å². The van der Waals surface area contributed by atoms with Crippen LogP contribution < -0.4 is 15.1 Å². The van der Waals surface area contributed by atoms with Gasteiger partial charge in [0.25, 0.3) is 5.91 Å². The number of anilines is 1. The summed E-state index contributed by atoms with van der Waals surface area (Å²) in [6.45, 7) is 10.3. The molecule has 6 nitrogen and oxygen atoms in total. The summed E-state index contributed by atoms with van der Waals surface area (Å²) in [6.07, 6.45) is 1.68. The van der Waals surface area contributed by atoms with E-state index >= 15 is 0 Å². The van der Waals surface area contributed by atoms with Crippen molar-refractivity contribution in [2.24, 2.45) is 5.10 Å². The van der Waals surface area contributed by atoms with E-state index in [9.17, 15) is 4.79 Å². The SMILES string of the molecule is CC(C)(C)c1ccc(OCc2ccc(C(=O)N/N=C\c3ccc(N4CCOCC4)s3)cc2)cc1. The molecule has 1 aromatic heterocycles. The summed E-state index contributed by atoms with van der Waals surface area (Å²) >= 11 is 1.65. The van der Waals surface area contributed by atoms with Gasteiger partial charge >= 0.3 is 0 Å². The molecule has 2 heterocycles. The molecule has 0 aliphatic carbocycles. The first kappa shape index (κ1) is 24.0. The average Bonchev–Trinajstić information content (AvgIpc) is 3.32. The van der Waals surface area contributed by atoms with Crippen molar-refractivity contribution in [1.82, 2.24) is 5.43 Å². The number of amides is 1. The first-order valence-corrected chi connectivity index (χ1v) is 12.3. The molecule has 1 amide bonds. The summed E-state index contributed by atoms with van der Waals surface area (Å²) in [6, 6.07) is 19.7. The lowest BCUT2D eigenvalue weighted by molar-refractivity contribution is 0.0955. The number of carbonyl (C=O) groups excluding carboxylic acids is 1. The lowest BCUT2D eigenvalue weighted by Gasteiger charge is -2.27. The molecule has 3 aromatic rings. The minimum atomic E-state index is -0.244. The molecule has 0 spiro atoms. The predicted molar refractivity (Wildman–Crippen MR) is 138 cm³/mol. The molecule has 7 heteroatoms. The number of ether oxygens (including phenoxy) is 2. The van der Waals surface area contributed by atoms with E-state index in [0.717, 1.165) is 42.5 Å². The average molecular weight is 478 g/mol. The Kier molecular flexibility index (Phi) is 7.65. The second-order valence-corrected chi connectivity index (χ2v) is 10.3. The zero-order valence-corrected chi connectivity index (χ0v) is 20.7. The monoisotopic (exact) mass is 477 g/mol. The summed E-state index contributed by atoms with van der Waals surface area (Å²) in [7, 11) is 0. The molecular formula is C27H31N3O3S. The molecule has 1 saturated heterocycles. The van der Waals surface area contributed by atoms with Crippen LogP contribution in [0.4, 0.5) is 5.00 Å². The zero-order chi connectivity index (χ0) is 24.0. The second kappa shape index (κ2) is 10.8. The van der Waals surface area contributed by atoms with E-state index in [4.69, 9.17) is 9.47 Å². The maximum Gasteiger partial charge on any atom is 0.271 e. The molecule has 0 unspecified atom stereocenters. The molecule has 1 aliphatic rings. The van der Waals surface area contributed by atoms with Crippen molar-refractivity contribution in [1.29, 1.82) is 0 Å². The van der Waals surface area contributed by atoms with Gasteiger partial charge in [-0.2, -0.15) is 5.10 Å². The van der Waals surface area contributed by atoms with Crippen LogP contribution in [0, 0.1) is 0 Å². The molecule has 34 heavy (non-hydrogen) atoms. The number of benzene rings is 2. The molecule has 4 rings (SSSR count). The van der Waals surface area contributed by atoms with Gasteiger partial charge in [0.2, 0.25) is 0 Å². The number of hydrogen-bond donors (Lipinski definition) is 1. The van der Waals surface area contributed by atoms with Gasteiger partial charge in [0.1, 0.15) is 12.4 Å². The van der Waals surface area contributed by atoms with Crippen molar-refractivity contribution >= 4 is 28.5 Å². The van der Waals surface area contributed by atoms with Crippen LogP contribution >= 0.6 is 11.3 Å². The number of hydrazone groups is 1. The second-order valence-electron chi connectivity index (χ2n) is 9.23. The van der Waals surface area contributed by atoms with Crippen molar-refractivity contribution in [2.45, 2.75) is 32.8 Å². The minimum Gasteiger partial charge on any atom is -0.489 e. The number of nitrogens with one attached hydrogen (secondary N) is 1. The standard InChI is InChI=1S/C27H31N3O3S/c1-27(2,3)22-8-10-23(11-9-22)33-19-20-4-6-21(7-5-20)26(31)29-28-18-24-12-13-25(34-24)30-14-16-32-17-15-30/h4-13,18H,14-17,19H2,1-3H3,(H,29,31)/b28-18-. The molecule has 2 aromatic carbocycles. The van der Waals surface area contributed by atoms with Gasteiger partial charge in [-0.25, -0.2) is 5.43 Å². The van der Waals surface area contributed by atoms with Crippen LogP contribution in [0.5, 0.6) is 5.75 Å². The molecule has 0 radical (unpaired) electrons. The number of carbonyl (C=O) groups is 1. The van der Waals surface area contributed by atoms with E-state index in [2.05, 4.69) is 54.4 Å². The van der Waals surface area contributed by atoms with Gasteiger partial charge in [-0.15, -0.1) is 11.3 Å². The lowest BCUT2D eigenvalue weighted by Crippen LogP contribution is -2.35. The van der Waals surface area contributed by atoms with E-state index in [1.165, 1.54) is 10.6 Å². The Morgan fingerprint density at radius 2 is 1.76 bits per heavy atom. The highest BCUT2D eigenvalue weighted by atomic mass is 32.1. The van der Waals surface area contributed by atoms with Crippen molar-refractivity contribution in [3.05, 3.63) is 82.2 Å². The quantitative estimate of drug-likeness (QED) is 0.374. The Labute approximate surface area is 205 Å². The highest BCUT2D eigenvalue weighted by Gasteiger charge is 2.14. The van der Waals surface area contributed by atoms with Gasteiger partial charge < -0.3 is 14.4 Å². The van der Waals surface area contributed by atoms with Crippen molar-refractivity contribution < 1.29 is 14.3 Å². The van der Waals surface area contributed by atoms with Crippen LogP contribution in [-0.4, -0.2) is 38.4 Å². The fourth-order valence-corrected chi connectivity index (χ4v) is 4.49. The van der Waals surface area contributed by atoms with Gasteiger partial charge in [-0.3, -0.25) is 4.79 Å². The highest BCUT2D eigenvalue weighted by Crippen LogP contribution is 2.26. The Hall–Kier alpha value is -3.16. The van der Waals surface area contributed by atoms with Gasteiger partial charge in [0.05, 0.1) is 24.4 Å². The number of hydrogen-bond acceptors (Lipinski definition) is 6. The van der Waals surface area contributed by atoms with Crippen LogP contribution in [0.1, 0.15) is 47.1 Å². The minimum absolute atomic E-state index is 0.120. The van der Waals surface area contributed by atoms with Crippen LogP contribution in [0.2, 0.25) is 0 Å². The normalized spacial score (nSPS) is 14.4. The first-order valence-electron chi connectivity index (χ1n) is 11.5. The number of thiophene rings is 1. The van der Waals surface area contributed by atoms with E-state index < -0.39 is 0 Å². The highest BCUT2D eigenvalue weighted by molar-refractivity contribution is 7.17. The summed E-state index contributed by atoms with van der Waals surface area (Å²) in [5, 5.41) is 5.31. The van der Waals surface area contributed by atoms with Crippen molar-refractivity contribution in [3.8, 4) is 5.75 Å².